The number of halogens is 1. The summed E-state index contributed by atoms with van der Waals surface area (Å²) in [6.45, 7) is 0.671. The summed E-state index contributed by atoms with van der Waals surface area (Å²) in [4.78, 5) is 19.4. The van der Waals surface area contributed by atoms with E-state index in [0.717, 1.165) is 31.2 Å². The van der Waals surface area contributed by atoms with Crippen molar-refractivity contribution in [3.8, 4) is 11.5 Å². The Morgan fingerprint density at radius 3 is 2.82 bits per heavy atom. The molecule has 1 atom stereocenters. The average molecular weight is 383 g/mol. The van der Waals surface area contributed by atoms with Gasteiger partial charge in [0.05, 0.1) is 18.7 Å². The van der Waals surface area contributed by atoms with Gasteiger partial charge in [0.25, 0.3) is 5.89 Å². The van der Waals surface area contributed by atoms with Crippen LogP contribution in [0.15, 0.2) is 41.2 Å². The van der Waals surface area contributed by atoms with Crippen molar-refractivity contribution >= 4 is 5.91 Å². The minimum absolute atomic E-state index is 0.0352. The van der Waals surface area contributed by atoms with Gasteiger partial charge in [0.15, 0.2) is 5.82 Å². The Morgan fingerprint density at radius 1 is 1.25 bits per heavy atom. The van der Waals surface area contributed by atoms with E-state index in [1.165, 1.54) is 12.1 Å². The molecule has 2 aromatic heterocycles. The molecule has 0 bridgehead atoms. The molecule has 0 aliphatic carbocycles. The maximum absolute atomic E-state index is 13.1. The Hall–Kier alpha value is -3.03. The molecule has 0 radical (unpaired) electrons. The van der Waals surface area contributed by atoms with E-state index in [1.54, 1.807) is 23.0 Å². The minimum Gasteiger partial charge on any atom is -0.334 e. The van der Waals surface area contributed by atoms with E-state index in [2.05, 4.69) is 15.2 Å². The second kappa shape index (κ2) is 7.92. The second-order valence-corrected chi connectivity index (χ2v) is 7.12. The summed E-state index contributed by atoms with van der Waals surface area (Å²) in [5, 5.41) is 8.27. The number of aromatic nitrogens is 4. The Kier molecular flexibility index (Phi) is 5.18. The Morgan fingerprint density at radius 2 is 2.07 bits per heavy atom. The zero-order valence-corrected chi connectivity index (χ0v) is 15.7. The van der Waals surface area contributed by atoms with Gasteiger partial charge in [-0.2, -0.15) is 10.1 Å². The molecule has 0 unspecified atom stereocenters. The fourth-order valence-corrected chi connectivity index (χ4v) is 3.59. The number of nitrogens with zero attached hydrogens (tertiary/aromatic N) is 5. The first kappa shape index (κ1) is 18.3. The van der Waals surface area contributed by atoms with Crippen molar-refractivity contribution < 1.29 is 13.7 Å². The van der Waals surface area contributed by atoms with Crippen molar-refractivity contribution in [2.45, 2.75) is 38.1 Å². The molecule has 1 aliphatic rings. The number of carbonyl (C=O) groups is 1. The van der Waals surface area contributed by atoms with Gasteiger partial charge in [-0.3, -0.25) is 9.48 Å². The van der Waals surface area contributed by atoms with Gasteiger partial charge in [0.1, 0.15) is 5.82 Å². The molecule has 28 heavy (non-hydrogen) atoms. The van der Waals surface area contributed by atoms with Crippen LogP contribution in [0.1, 0.15) is 43.1 Å². The SMILES string of the molecule is Cn1cc(CC(=O)N2CCCCC[C@@H]2c2noc(-c3ccc(F)cc3)n2)cn1. The van der Waals surface area contributed by atoms with Crippen LogP contribution in [0.2, 0.25) is 0 Å². The fourth-order valence-electron chi connectivity index (χ4n) is 3.59. The molecule has 1 amide bonds. The van der Waals surface area contributed by atoms with Crippen molar-refractivity contribution in [2.24, 2.45) is 7.05 Å². The highest BCUT2D eigenvalue weighted by Gasteiger charge is 2.30. The number of rotatable bonds is 4. The molecular formula is C20H22FN5O2. The van der Waals surface area contributed by atoms with Crippen molar-refractivity contribution in [1.82, 2.24) is 24.8 Å². The lowest BCUT2D eigenvalue weighted by Crippen LogP contribution is -2.36. The van der Waals surface area contributed by atoms with Crippen molar-refractivity contribution in [3.63, 3.8) is 0 Å². The number of amides is 1. The van der Waals surface area contributed by atoms with Crippen LogP contribution in [-0.2, 0) is 18.3 Å². The van der Waals surface area contributed by atoms with Gasteiger partial charge in [-0.1, -0.05) is 18.0 Å². The van der Waals surface area contributed by atoms with Gasteiger partial charge in [-0.05, 0) is 42.7 Å². The Labute approximate surface area is 162 Å². The third-order valence-corrected chi connectivity index (χ3v) is 5.02. The molecule has 7 nitrogen and oxygen atoms in total. The first-order valence-electron chi connectivity index (χ1n) is 9.47. The molecule has 146 valence electrons. The van der Waals surface area contributed by atoms with Crippen molar-refractivity contribution in [1.29, 1.82) is 0 Å². The number of likely N-dealkylation sites (tertiary alicyclic amines) is 1. The first-order valence-corrected chi connectivity index (χ1v) is 9.47. The molecule has 1 aromatic carbocycles. The van der Waals surface area contributed by atoms with Crippen LogP contribution in [0, 0.1) is 5.82 Å². The monoisotopic (exact) mass is 383 g/mol. The summed E-state index contributed by atoms with van der Waals surface area (Å²) in [6.07, 6.45) is 7.68. The summed E-state index contributed by atoms with van der Waals surface area (Å²) in [5.74, 6) is 0.548. The van der Waals surface area contributed by atoms with Crippen LogP contribution in [0.25, 0.3) is 11.5 Å². The van der Waals surface area contributed by atoms with E-state index in [4.69, 9.17) is 4.52 Å². The highest BCUT2D eigenvalue weighted by atomic mass is 19.1. The Bertz CT molecular complexity index is 950. The zero-order valence-electron chi connectivity index (χ0n) is 15.7. The predicted molar refractivity (Wildman–Crippen MR) is 99.5 cm³/mol. The molecule has 1 aliphatic heterocycles. The molecule has 8 heteroatoms. The fraction of sp³-hybridized carbons (Fsp3) is 0.400. The predicted octanol–water partition coefficient (Wildman–Crippen LogP) is 3.30. The Balaban J connectivity index is 1.56. The average Bonchev–Trinajstić information content (AvgIpc) is 3.25. The van der Waals surface area contributed by atoms with Gasteiger partial charge in [-0.15, -0.1) is 0 Å². The van der Waals surface area contributed by atoms with Crippen LogP contribution in [0.5, 0.6) is 0 Å². The summed E-state index contributed by atoms with van der Waals surface area (Å²) >= 11 is 0. The van der Waals surface area contributed by atoms with Crippen LogP contribution < -0.4 is 0 Å². The second-order valence-electron chi connectivity index (χ2n) is 7.12. The topological polar surface area (TPSA) is 77.0 Å². The van der Waals surface area contributed by atoms with E-state index in [-0.39, 0.29) is 17.8 Å². The third kappa shape index (κ3) is 3.95. The lowest BCUT2D eigenvalue weighted by molar-refractivity contribution is -0.133. The van der Waals surface area contributed by atoms with E-state index in [9.17, 15) is 9.18 Å². The lowest BCUT2D eigenvalue weighted by Gasteiger charge is -2.27. The number of carbonyl (C=O) groups excluding carboxylic acids is 1. The van der Waals surface area contributed by atoms with Gasteiger partial charge in [0, 0.05) is 25.4 Å². The molecule has 0 N–H and O–H groups in total. The van der Waals surface area contributed by atoms with Gasteiger partial charge in [0.2, 0.25) is 5.91 Å². The quantitative estimate of drug-likeness (QED) is 0.691. The number of benzene rings is 1. The van der Waals surface area contributed by atoms with Gasteiger partial charge >= 0.3 is 0 Å². The van der Waals surface area contributed by atoms with Crippen molar-refractivity contribution in [2.75, 3.05) is 6.54 Å². The van der Waals surface area contributed by atoms with Crippen LogP contribution in [0.3, 0.4) is 0 Å². The van der Waals surface area contributed by atoms with E-state index < -0.39 is 0 Å². The van der Waals surface area contributed by atoms with E-state index in [1.807, 2.05) is 18.1 Å². The summed E-state index contributed by atoms with van der Waals surface area (Å²) in [6, 6.07) is 5.70. The summed E-state index contributed by atoms with van der Waals surface area (Å²) in [7, 11) is 1.83. The number of aryl methyl sites for hydroxylation is 1. The number of hydrogen-bond acceptors (Lipinski definition) is 5. The molecule has 1 fully saturated rings. The maximum atomic E-state index is 13.1. The van der Waals surface area contributed by atoms with Crippen LogP contribution in [0.4, 0.5) is 4.39 Å². The zero-order chi connectivity index (χ0) is 19.5. The molecule has 0 spiro atoms. The van der Waals surface area contributed by atoms with Crippen LogP contribution in [-0.4, -0.2) is 37.3 Å². The lowest BCUT2D eigenvalue weighted by atomic mass is 10.1. The molecular weight excluding hydrogens is 361 g/mol. The molecule has 3 aromatic rings. The van der Waals surface area contributed by atoms with Crippen molar-refractivity contribution in [3.05, 3.63) is 53.9 Å². The first-order chi connectivity index (χ1) is 13.6. The summed E-state index contributed by atoms with van der Waals surface area (Å²) in [5.41, 5.74) is 1.54. The highest BCUT2D eigenvalue weighted by Crippen LogP contribution is 2.30. The normalized spacial score (nSPS) is 17.5. The largest absolute Gasteiger partial charge is 0.334 e. The standard InChI is InChI=1S/C20H22FN5O2/c1-25-13-14(12-22-25)11-18(27)26-10-4-2-3-5-17(26)19-23-20(28-24-19)15-6-8-16(21)9-7-15/h6-9,12-13,17H,2-5,10-11H2,1H3/t17-/m1/s1. The molecule has 4 rings (SSSR count). The smallest absolute Gasteiger partial charge is 0.258 e. The maximum Gasteiger partial charge on any atom is 0.258 e. The molecule has 3 heterocycles. The van der Waals surface area contributed by atoms with Crippen LogP contribution >= 0.6 is 0 Å². The minimum atomic E-state index is -0.320. The van der Waals surface area contributed by atoms with Gasteiger partial charge in [-0.25, -0.2) is 4.39 Å². The van der Waals surface area contributed by atoms with Gasteiger partial charge < -0.3 is 9.42 Å². The molecule has 1 saturated heterocycles. The third-order valence-electron chi connectivity index (χ3n) is 5.02. The van der Waals surface area contributed by atoms with E-state index >= 15 is 0 Å². The highest BCUT2D eigenvalue weighted by molar-refractivity contribution is 5.79. The number of hydrogen-bond donors (Lipinski definition) is 0. The molecule has 0 saturated carbocycles. The van der Waals surface area contributed by atoms with E-state index in [0.29, 0.717) is 30.2 Å². The summed E-state index contributed by atoms with van der Waals surface area (Å²) < 4.78 is 20.2.